The molecule has 2 aromatic carbocycles. The summed E-state index contributed by atoms with van der Waals surface area (Å²) in [6.45, 7) is 2.52. The fourth-order valence-corrected chi connectivity index (χ4v) is 3.75. The molecule has 0 saturated carbocycles. The largest absolute Gasteiger partial charge is 0.493 e. The first kappa shape index (κ1) is 22.5. The number of nitrogens with one attached hydrogen (secondary N) is 1. The summed E-state index contributed by atoms with van der Waals surface area (Å²) in [5.74, 6) is 0.642. The molecule has 1 aliphatic rings. The minimum atomic E-state index is -0.439. The zero-order chi connectivity index (χ0) is 22.4. The van der Waals surface area contributed by atoms with Gasteiger partial charge in [-0.05, 0) is 30.5 Å². The van der Waals surface area contributed by atoms with E-state index in [1.54, 1.807) is 17.0 Å². The summed E-state index contributed by atoms with van der Waals surface area (Å²) in [5, 5.41) is 2.88. The summed E-state index contributed by atoms with van der Waals surface area (Å²) in [7, 11) is 4.56. The van der Waals surface area contributed by atoms with E-state index < -0.39 is 5.92 Å². The molecule has 1 heterocycles. The van der Waals surface area contributed by atoms with Crippen LogP contribution in [-0.4, -0.2) is 39.7 Å². The zero-order valence-electron chi connectivity index (χ0n) is 18.6. The van der Waals surface area contributed by atoms with Crippen molar-refractivity contribution in [3.05, 3.63) is 42.0 Å². The summed E-state index contributed by atoms with van der Waals surface area (Å²) in [4.78, 5) is 27.1. The molecule has 1 aliphatic heterocycles. The highest BCUT2D eigenvalue weighted by Crippen LogP contribution is 2.40. The van der Waals surface area contributed by atoms with Crippen LogP contribution in [0, 0.1) is 5.92 Å². The Morgan fingerprint density at radius 2 is 1.71 bits per heavy atom. The molecule has 2 amide bonds. The van der Waals surface area contributed by atoms with Crippen LogP contribution in [0.5, 0.6) is 17.2 Å². The van der Waals surface area contributed by atoms with Gasteiger partial charge in [-0.1, -0.05) is 25.5 Å². The Morgan fingerprint density at radius 3 is 2.26 bits per heavy atom. The molecule has 1 atom stereocenters. The van der Waals surface area contributed by atoms with Crippen LogP contribution in [0.25, 0.3) is 0 Å². The highest BCUT2D eigenvalue weighted by molar-refractivity contribution is 6.03. The molecule has 1 saturated heterocycles. The predicted molar refractivity (Wildman–Crippen MR) is 120 cm³/mol. The summed E-state index contributed by atoms with van der Waals surface area (Å²) >= 11 is 0. The second kappa shape index (κ2) is 10.2. The molecule has 0 bridgehead atoms. The Hall–Kier alpha value is -3.22. The molecular formula is C24H30N2O5. The SMILES string of the molecule is CCCCc1ccc(N2CC(C(=O)Nc3cc(OC)c(OC)c(OC)c3)CC2=O)cc1. The van der Waals surface area contributed by atoms with Gasteiger partial charge < -0.3 is 24.4 Å². The normalized spacial score (nSPS) is 15.7. The van der Waals surface area contributed by atoms with Gasteiger partial charge in [0.1, 0.15) is 0 Å². The highest BCUT2D eigenvalue weighted by Gasteiger charge is 2.35. The Morgan fingerprint density at radius 1 is 1.06 bits per heavy atom. The van der Waals surface area contributed by atoms with Gasteiger partial charge in [-0.15, -0.1) is 0 Å². The molecule has 0 aromatic heterocycles. The predicted octanol–water partition coefficient (Wildman–Crippen LogP) is 4.05. The Balaban J connectivity index is 1.69. The molecular weight excluding hydrogens is 396 g/mol. The van der Waals surface area contributed by atoms with Gasteiger partial charge in [-0.3, -0.25) is 9.59 Å². The van der Waals surface area contributed by atoms with Crippen molar-refractivity contribution in [2.24, 2.45) is 5.92 Å². The van der Waals surface area contributed by atoms with E-state index in [0.717, 1.165) is 24.9 Å². The molecule has 1 N–H and O–H groups in total. The zero-order valence-corrected chi connectivity index (χ0v) is 18.6. The maximum atomic E-state index is 12.9. The number of hydrogen-bond acceptors (Lipinski definition) is 5. The number of nitrogens with zero attached hydrogens (tertiary/aromatic N) is 1. The van der Waals surface area contributed by atoms with Gasteiger partial charge in [-0.25, -0.2) is 0 Å². The summed E-state index contributed by atoms with van der Waals surface area (Å²) < 4.78 is 16.0. The van der Waals surface area contributed by atoms with Crippen molar-refractivity contribution in [2.45, 2.75) is 32.6 Å². The molecule has 0 spiro atoms. The molecule has 7 heteroatoms. The van der Waals surface area contributed by atoms with E-state index >= 15 is 0 Å². The van der Waals surface area contributed by atoms with E-state index in [2.05, 4.69) is 24.4 Å². The summed E-state index contributed by atoms with van der Waals surface area (Å²) in [6, 6.07) is 11.4. The Bertz CT molecular complexity index is 901. The second-order valence-electron chi connectivity index (χ2n) is 7.58. The lowest BCUT2D eigenvalue weighted by atomic mass is 10.1. The molecule has 2 aromatic rings. The minimum absolute atomic E-state index is 0.0497. The van der Waals surface area contributed by atoms with Gasteiger partial charge in [0.15, 0.2) is 11.5 Å². The van der Waals surface area contributed by atoms with E-state index in [1.807, 2.05) is 12.1 Å². The number of carbonyl (C=O) groups is 2. The van der Waals surface area contributed by atoms with E-state index in [0.29, 0.717) is 29.5 Å². The fourth-order valence-electron chi connectivity index (χ4n) is 3.75. The van der Waals surface area contributed by atoms with Gasteiger partial charge in [0.25, 0.3) is 0 Å². The molecule has 166 valence electrons. The molecule has 31 heavy (non-hydrogen) atoms. The number of amides is 2. The number of rotatable bonds is 9. The number of aryl methyl sites for hydroxylation is 1. The number of ether oxygens (including phenoxy) is 3. The first-order valence-electron chi connectivity index (χ1n) is 10.5. The molecule has 3 rings (SSSR count). The Kier molecular flexibility index (Phi) is 7.39. The topological polar surface area (TPSA) is 77.1 Å². The first-order valence-corrected chi connectivity index (χ1v) is 10.5. The smallest absolute Gasteiger partial charge is 0.229 e. The number of hydrogen-bond donors (Lipinski definition) is 1. The van der Waals surface area contributed by atoms with Crippen molar-refractivity contribution >= 4 is 23.2 Å². The molecule has 0 radical (unpaired) electrons. The summed E-state index contributed by atoms with van der Waals surface area (Å²) in [6.07, 6.45) is 3.50. The highest BCUT2D eigenvalue weighted by atomic mass is 16.5. The van der Waals surface area contributed by atoms with Crippen molar-refractivity contribution in [3.63, 3.8) is 0 Å². The van der Waals surface area contributed by atoms with Crippen LogP contribution < -0.4 is 24.4 Å². The average molecular weight is 427 g/mol. The maximum Gasteiger partial charge on any atom is 0.229 e. The number of anilines is 2. The van der Waals surface area contributed by atoms with Crippen molar-refractivity contribution in [1.82, 2.24) is 0 Å². The summed E-state index contributed by atoms with van der Waals surface area (Å²) in [5.41, 5.74) is 2.60. The van der Waals surface area contributed by atoms with Gasteiger partial charge >= 0.3 is 0 Å². The quantitative estimate of drug-likeness (QED) is 0.655. The fraction of sp³-hybridized carbons (Fsp3) is 0.417. The Labute approximate surface area is 183 Å². The van der Waals surface area contributed by atoms with Crippen LogP contribution in [0.1, 0.15) is 31.7 Å². The third-order valence-electron chi connectivity index (χ3n) is 5.50. The average Bonchev–Trinajstić information content (AvgIpc) is 3.19. The van der Waals surface area contributed by atoms with Crippen LogP contribution in [0.15, 0.2) is 36.4 Å². The van der Waals surface area contributed by atoms with E-state index in [1.165, 1.54) is 26.9 Å². The third kappa shape index (κ3) is 5.10. The monoisotopic (exact) mass is 426 g/mol. The lowest BCUT2D eigenvalue weighted by Gasteiger charge is -2.18. The minimum Gasteiger partial charge on any atom is -0.493 e. The molecule has 0 aliphatic carbocycles. The molecule has 7 nitrogen and oxygen atoms in total. The number of benzene rings is 2. The molecule has 1 fully saturated rings. The maximum absolute atomic E-state index is 12.9. The second-order valence-corrected chi connectivity index (χ2v) is 7.58. The van der Waals surface area contributed by atoms with Crippen LogP contribution in [-0.2, 0) is 16.0 Å². The number of methoxy groups -OCH3 is 3. The van der Waals surface area contributed by atoms with E-state index in [-0.39, 0.29) is 18.2 Å². The van der Waals surface area contributed by atoms with Crippen LogP contribution >= 0.6 is 0 Å². The lowest BCUT2D eigenvalue weighted by molar-refractivity contribution is -0.122. The third-order valence-corrected chi connectivity index (χ3v) is 5.50. The van der Waals surface area contributed by atoms with Crippen molar-refractivity contribution < 1.29 is 23.8 Å². The van der Waals surface area contributed by atoms with Gasteiger partial charge in [0.2, 0.25) is 17.6 Å². The van der Waals surface area contributed by atoms with Gasteiger partial charge in [0.05, 0.1) is 27.2 Å². The van der Waals surface area contributed by atoms with Crippen molar-refractivity contribution in [3.8, 4) is 17.2 Å². The van der Waals surface area contributed by atoms with Crippen molar-refractivity contribution in [1.29, 1.82) is 0 Å². The van der Waals surface area contributed by atoms with Crippen LogP contribution in [0.3, 0.4) is 0 Å². The number of carbonyl (C=O) groups excluding carboxylic acids is 2. The van der Waals surface area contributed by atoms with Crippen molar-refractivity contribution in [2.75, 3.05) is 38.1 Å². The van der Waals surface area contributed by atoms with Crippen LogP contribution in [0.2, 0.25) is 0 Å². The van der Waals surface area contributed by atoms with E-state index in [9.17, 15) is 9.59 Å². The lowest BCUT2D eigenvalue weighted by Crippen LogP contribution is -2.28. The number of unbranched alkanes of at least 4 members (excludes halogenated alkanes) is 1. The standard InChI is InChI=1S/C24H30N2O5/c1-5-6-7-16-8-10-19(11-9-16)26-15-17(12-22(26)27)24(28)25-18-13-20(29-2)23(31-4)21(14-18)30-3/h8-11,13-14,17H,5-7,12,15H2,1-4H3,(H,25,28). The van der Waals surface area contributed by atoms with Crippen LogP contribution in [0.4, 0.5) is 11.4 Å². The van der Waals surface area contributed by atoms with Gasteiger partial charge in [-0.2, -0.15) is 0 Å². The first-order chi connectivity index (χ1) is 15.0. The van der Waals surface area contributed by atoms with E-state index in [4.69, 9.17) is 14.2 Å². The van der Waals surface area contributed by atoms with Gasteiger partial charge in [0, 0.05) is 36.5 Å². The molecule has 1 unspecified atom stereocenters.